The minimum absolute atomic E-state index is 0.0308. The van der Waals surface area contributed by atoms with Crippen molar-refractivity contribution in [2.75, 3.05) is 14.1 Å². The van der Waals surface area contributed by atoms with Crippen LogP contribution in [-0.2, 0) is 16.8 Å². The van der Waals surface area contributed by atoms with Gasteiger partial charge >= 0.3 is 0 Å². The number of benzene rings is 2. The van der Waals surface area contributed by atoms with Crippen molar-refractivity contribution < 1.29 is 9.59 Å². The number of carbonyl (C=O) groups is 2. The SMILES string of the molecule is CN(C)C(=O)c1ccc(CNC(=O)C2(c3ccc(Cl)cc3)CCC2)cc1. The predicted molar refractivity (Wildman–Crippen MR) is 103 cm³/mol. The van der Waals surface area contributed by atoms with Crippen LogP contribution in [0.4, 0.5) is 0 Å². The minimum Gasteiger partial charge on any atom is -0.351 e. The average molecular weight is 371 g/mol. The lowest BCUT2D eigenvalue weighted by molar-refractivity contribution is -0.130. The molecule has 0 radical (unpaired) electrons. The Balaban J connectivity index is 1.66. The molecule has 1 fully saturated rings. The molecule has 0 spiro atoms. The molecular formula is C21H23ClN2O2. The summed E-state index contributed by atoms with van der Waals surface area (Å²) in [5.74, 6) is 0.0243. The lowest BCUT2D eigenvalue weighted by Crippen LogP contribution is -2.48. The fourth-order valence-electron chi connectivity index (χ4n) is 3.32. The van der Waals surface area contributed by atoms with Crippen LogP contribution in [0.3, 0.4) is 0 Å². The van der Waals surface area contributed by atoms with Gasteiger partial charge in [0.1, 0.15) is 0 Å². The van der Waals surface area contributed by atoms with Gasteiger partial charge in [0, 0.05) is 31.2 Å². The Hall–Kier alpha value is -2.33. The Morgan fingerprint density at radius 3 is 2.15 bits per heavy atom. The summed E-state index contributed by atoms with van der Waals surface area (Å²) in [6.45, 7) is 0.449. The molecular weight excluding hydrogens is 348 g/mol. The zero-order chi connectivity index (χ0) is 18.7. The van der Waals surface area contributed by atoms with E-state index in [4.69, 9.17) is 11.6 Å². The maximum Gasteiger partial charge on any atom is 0.253 e. The molecule has 0 heterocycles. The first-order valence-electron chi connectivity index (χ1n) is 8.77. The van der Waals surface area contributed by atoms with Crippen molar-refractivity contribution in [1.29, 1.82) is 0 Å². The van der Waals surface area contributed by atoms with E-state index in [9.17, 15) is 9.59 Å². The summed E-state index contributed by atoms with van der Waals surface area (Å²) in [4.78, 5) is 26.3. The van der Waals surface area contributed by atoms with Crippen molar-refractivity contribution in [2.24, 2.45) is 0 Å². The van der Waals surface area contributed by atoms with Crippen molar-refractivity contribution in [1.82, 2.24) is 10.2 Å². The van der Waals surface area contributed by atoms with Gasteiger partial charge in [-0.05, 0) is 48.2 Å². The van der Waals surface area contributed by atoms with E-state index in [1.807, 2.05) is 36.4 Å². The Morgan fingerprint density at radius 2 is 1.65 bits per heavy atom. The molecule has 1 N–H and O–H groups in total. The van der Waals surface area contributed by atoms with E-state index in [1.54, 1.807) is 31.1 Å². The van der Waals surface area contributed by atoms with Crippen LogP contribution in [0, 0.1) is 0 Å². The molecule has 0 aromatic heterocycles. The fraction of sp³-hybridized carbons (Fsp3) is 0.333. The first-order valence-corrected chi connectivity index (χ1v) is 9.15. The smallest absolute Gasteiger partial charge is 0.253 e. The molecule has 1 aliphatic carbocycles. The fourth-order valence-corrected chi connectivity index (χ4v) is 3.45. The Bertz CT molecular complexity index is 794. The summed E-state index contributed by atoms with van der Waals surface area (Å²) in [7, 11) is 3.45. The third-order valence-corrected chi connectivity index (χ3v) is 5.35. The van der Waals surface area contributed by atoms with Crippen molar-refractivity contribution in [2.45, 2.75) is 31.2 Å². The maximum atomic E-state index is 12.9. The van der Waals surface area contributed by atoms with Gasteiger partial charge in [-0.1, -0.05) is 42.3 Å². The van der Waals surface area contributed by atoms with E-state index in [1.165, 1.54) is 0 Å². The molecule has 136 valence electrons. The van der Waals surface area contributed by atoms with Gasteiger partial charge in [-0.25, -0.2) is 0 Å². The summed E-state index contributed by atoms with van der Waals surface area (Å²) < 4.78 is 0. The molecule has 2 aromatic rings. The van der Waals surface area contributed by atoms with Crippen LogP contribution in [0.15, 0.2) is 48.5 Å². The van der Waals surface area contributed by atoms with Gasteiger partial charge in [0.25, 0.3) is 5.91 Å². The topological polar surface area (TPSA) is 49.4 Å². The highest BCUT2D eigenvalue weighted by Gasteiger charge is 2.45. The van der Waals surface area contributed by atoms with E-state index in [0.29, 0.717) is 17.1 Å². The Kier molecular flexibility index (Phi) is 5.33. The molecule has 0 aliphatic heterocycles. The molecule has 5 heteroatoms. The highest BCUT2D eigenvalue weighted by Crippen LogP contribution is 2.44. The van der Waals surface area contributed by atoms with Gasteiger partial charge in [-0.3, -0.25) is 9.59 Å². The Morgan fingerprint density at radius 1 is 1.04 bits per heavy atom. The third-order valence-electron chi connectivity index (χ3n) is 5.10. The molecule has 3 rings (SSSR count). The summed E-state index contributed by atoms with van der Waals surface area (Å²) in [6, 6.07) is 14.9. The Labute approximate surface area is 159 Å². The highest BCUT2D eigenvalue weighted by atomic mass is 35.5. The van der Waals surface area contributed by atoms with E-state index in [0.717, 1.165) is 30.4 Å². The molecule has 1 aliphatic rings. The highest BCUT2D eigenvalue weighted by molar-refractivity contribution is 6.30. The predicted octanol–water partition coefficient (Wildman–Crippen LogP) is 3.78. The van der Waals surface area contributed by atoms with Crippen molar-refractivity contribution in [3.05, 3.63) is 70.2 Å². The zero-order valence-corrected chi connectivity index (χ0v) is 15.8. The monoisotopic (exact) mass is 370 g/mol. The number of nitrogens with one attached hydrogen (secondary N) is 1. The summed E-state index contributed by atoms with van der Waals surface area (Å²) >= 11 is 5.97. The molecule has 2 amide bonds. The number of halogens is 1. The van der Waals surface area contributed by atoms with Gasteiger partial charge < -0.3 is 10.2 Å². The van der Waals surface area contributed by atoms with Gasteiger partial charge in [-0.15, -0.1) is 0 Å². The molecule has 0 atom stereocenters. The van der Waals surface area contributed by atoms with Gasteiger partial charge in [-0.2, -0.15) is 0 Å². The van der Waals surface area contributed by atoms with Crippen LogP contribution in [0.25, 0.3) is 0 Å². The lowest BCUT2D eigenvalue weighted by atomic mass is 9.64. The molecule has 0 bridgehead atoms. The second kappa shape index (κ2) is 7.50. The van der Waals surface area contributed by atoms with Gasteiger partial charge in [0.2, 0.25) is 5.91 Å². The largest absolute Gasteiger partial charge is 0.351 e. The van der Waals surface area contributed by atoms with E-state index in [-0.39, 0.29) is 11.8 Å². The van der Waals surface area contributed by atoms with Gasteiger partial charge in [0.15, 0.2) is 0 Å². The summed E-state index contributed by atoms with van der Waals surface area (Å²) in [5, 5.41) is 3.74. The molecule has 4 nitrogen and oxygen atoms in total. The van der Waals surface area contributed by atoms with Crippen LogP contribution >= 0.6 is 11.6 Å². The standard InChI is InChI=1S/C21H23ClN2O2/c1-24(2)19(25)16-6-4-15(5-7-16)14-23-20(26)21(12-3-13-21)17-8-10-18(22)11-9-17/h4-11H,3,12-14H2,1-2H3,(H,23,26). The minimum atomic E-state index is -0.439. The number of nitrogens with zero attached hydrogens (tertiary/aromatic N) is 1. The zero-order valence-electron chi connectivity index (χ0n) is 15.1. The lowest BCUT2D eigenvalue weighted by Gasteiger charge is -2.40. The quantitative estimate of drug-likeness (QED) is 0.870. The second-order valence-corrected chi connectivity index (χ2v) is 7.46. The van der Waals surface area contributed by atoms with Crippen LogP contribution < -0.4 is 5.32 Å². The number of rotatable bonds is 5. The first-order chi connectivity index (χ1) is 12.4. The van der Waals surface area contributed by atoms with Crippen molar-refractivity contribution in [3.8, 4) is 0 Å². The first kappa shape index (κ1) is 18.5. The second-order valence-electron chi connectivity index (χ2n) is 7.02. The summed E-state index contributed by atoms with van der Waals surface area (Å²) in [5.41, 5.74) is 2.20. The van der Waals surface area contributed by atoms with E-state index in [2.05, 4.69) is 5.32 Å². The summed E-state index contributed by atoms with van der Waals surface area (Å²) in [6.07, 6.45) is 2.77. The van der Waals surface area contributed by atoms with E-state index < -0.39 is 5.41 Å². The average Bonchev–Trinajstić information content (AvgIpc) is 2.60. The van der Waals surface area contributed by atoms with Crippen LogP contribution in [0.5, 0.6) is 0 Å². The molecule has 0 saturated heterocycles. The number of amides is 2. The van der Waals surface area contributed by atoms with Crippen molar-refractivity contribution in [3.63, 3.8) is 0 Å². The van der Waals surface area contributed by atoms with Crippen LogP contribution in [0.1, 0.15) is 40.7 Å². The molecule has 1 saturated carbocycles. The van der Waals surface area contributed by atoms with Crippen molar-refractivity contribution >= 4 is 23.4 Å². The normalized spacial score (nSPS) is 15.0. The number of hydrogen-bond acceptors (Lipinski definition) is 2. The molecule has 2 aromatic carbocycles. The maximum absolute atomic E-state index is 12.9. The van der Waals surface area contributed by atoms with E-state index >= 15 is 0 Å². The van der Waals surface area contributed by atoms with Crippen LogP contribution in [-0.4, -0.2) is 30.8 Å². The third kappa shape index (κ3) is 3.61. The number of carbonyl (C=O) groups excluding carboxylic acids is 2. The number of hydrogen-bond donors (Lipinski definition) is 1. The van der Waals surface area contributed by atoms with Crippen LogP contribution in [0.2, 0.25) is 5.02 Å². The molecule has 0 unspecified atom stereocenters. The van der Waals surface area contributed by atoms with Gasteiger partial charge in [0.05, 0.1) is 5.41 Å². The molecule has 26 heavy (non-hydrogen) atoms.